The molecule has 0 atom stereocenters. The van der Waals surface area contributed by atoms with Crippen molar-refractivity contribution in [3.05, 3.63) is 95.1 Å². The average Bonchev–Trinajstić information content (AvgIpc) is 2.84. The summed E-state index contributed by atoms with van der Waals surface area (Å²) in [5.74, 6) is -4.11. The Morgan fingerprint density at radius 3 is 1.85 bits per heavy atom. The van der Waals surface area contributed by atoms with Crippen LogP contribution in [0.15, 0.2) is 60.7 Å². The van der Waals surface area contributed by atoms with E-state index in [1.807, 2.05) is 6.92 Å². The highest BCUT2D eigenvalue weighted by molar-refractivity contribution is 5.71. The maximum atomic E-state index is 14.9. The van der Waals surface area contributed by atoms with Crippen LogP contribution >= 0.6 is 0 Å². The van der Waals surface area contributed by atoms with Gasteiger partial charge in [0.25, 0.3) is 0 Å². The highest BCUT2D eigenvalue weighted by Crippen LogP contribution is 2.33. The van der Waals surface area contributed by atoms with Crippen molar-refractivity contribution in [3.8, 4) is 22.3 Å². The van der Waals surface area contributed by atoms with Crippen LogP contribution in [0.4, 0.5) is 17.6 Å². The number of ether oxygens (including phenoxy) is 2. The Labute approximate surface area is 190 Å². The summed E-state index contributed by atoms with van der Waals surface area (Å²) >= 11 is 0. The highest BCUT2D eigenvalue weighted by atomic mass is 19.2. The molecular weight excluding hydrogens is 432 g/mol. The zero-order valence-corrected chi connectivity index (χ0v) is 18.4. The quantitative estimate of drug-likeness (QED) is 0.299. The molecule has 0 saturated carbocycles. The number of hydrogen-bond donors (Lipinski definition) is 0. The molecule has 0 amide bonds. The maximum absolute atomic E-state index is 14.9. The van der Waals surface area contributed by atoms with Crippen LogP contribution in [-0.2, 0) is 15.9 Å². The first-order valence-electron chi connectivity index (χ1n) is 10.9. The lowest BCUT2D eigenvalue weighted by atomic mass is 9.94. The Bertz CT molecular complexity index is 1160. The normalized spacial score (nSPS) is 18.7. The van der Waals surface area contributed by atoms with Crippen molar-refractivity contribution in [2.24, 2.45) is 0 Å². The van der Waals surface area contributed by atoms with Gasteiger partial charge in [-0.05, 0) is 41.7 Å². The smallest absolute Gasteiger partial charge is 0.176 e. The molecule has 1 saturated heterocycles. The summed E-state index contributed by atoms with van der Waals surface area (Å²) in [6.45, 7) is 4.03. The number of hydrogen-bond acceptors (Lipinski definition) is 2. The van der Waals surface area contributed by atoms with Crippen LogP contribution in [-0.4, -0.2) is 19.5 Å². The lowest BCUT2D eigenvalue weighted by Crippen LogP contribution is -2.30. The van der Waals surface area contributed by atoms with Gasteiger partial charge in [-0.15, -0.1) is 0 Å². The van der Waals surface area contributed by atoms with Gasteiger partial charge in [-0.3, -0.25) is 0 Å². The molecule has 0 spiro atoms. The number of rotatable bonds is 5. The van der Waals surface area contributed by atoms with Crippen molar-refractivity contribution in [1.29, 1.82) is 0 Å². The molecule has 0 aliphatic carbocycles. The van der Waals surface area contributed by atoms with E-state index in [-0.39, 0.29) is 29.9 Å². The lowest BCUT2D eigenvalue weighted by Gasteiger charge is -2.28. The van der Waals surface area contributed by atoms with E-state index in [4.69, 9.17) is 9.47 Å². The van der Waals surface area contributed by atoms with Crippen LogP contribution in [0.2, 0.25) is 0 Å². The maximum Gasteiger partial charge on any atom is 0.176 e. The summed E-state index contributed by atoms with van der Waals surface area (Å²) in [4.78, 5) is 0. The molecule has 4 rings (SSSR count). The fourth-order valence-electron chi connectivity index (χ4n) is 3.98. The summed E-state index contributed by atoms with van der Waals surface area (Å²) in [6, 6.07) is 12.4. The van der Waals surface area contributed by atoms with Gasteiger partial charge in [0.05, 0.1) is 13.2 Å². The van der Waals surface area contributed by atoms with E-state index in [1.165, 1.54) is 18.2 Å². The predicted octanol–water partition coefficient (Wildman–Crippen LogP) is 7.17. The molecule has 33 heavy (non-hydrogen) atoms. The summed E-state index contributed by atoms with van der Waals surface area (Å²) in [5.41, 5.74) is 1.57. The van der Waals surface area contributed by atoms with Crippen molar-refractivity contribution >= 4 is 0 Å². The zero-order valence-electron chi connectivity index (χ0n) is 18.4. The second-order valence-corrected chi connectivity index (χ2v) is 7.92. The Morgan fingerprint density at radius 1 is 0.758 bits per heavy atom. The first-order chi connectivity index (χ1) is 15.9. The summed E-state index contributed by atoms with van der Waals surface area (Å²) in [7, 11) is 0. The minimum atomic E-state index is -0.972. The number of benzene rings is 3. The minimum absolute atomic E-state index is 0.0835. The van der Waals surface area contributed by atoms with Crippen molar-refractivity contribution in [2.45, 2.75) is 32.5 Å². The minimum Gasteiger partial charge on any atom is -0.348 e. The Hall–Kier alpha value is -2.96. The summed E-state index contributed by atoms with van der Waals surface area (Å²) < 4.78 is 69.5. The van der Waals surface area contributed by atoms with E-state index in [1.54, 1.807) is 49.4 Å². The zero-order chi connectivity index (χ0) is 23.5. The Balaban J connectivity index is 1.58. The molecule has 172 valence electrons. The van der Waals surface area contributed by atoms with Crippen LogP contribution in [0.3, 0.4) is 0 Å². The molecule has 0 N–H and O–H groups in total. The average molecular weight is 456 g/mol. The molecule has 1 heterocycles. The molecule has 3 aromatic rings. The molecular formula is C27H24F4O2. The Kier molecular flexibility index (Phi) is 6.96. The topological polar surface area (TPSA) is 18.5 Å². The van der Waals surface area contributed by atoms with Crippen LogP contribution < -0.4 is 0 Å². The second kappa shape index (κ2) is 9.89. The molecule has 6 heteroatoms. The van der Waals surface area contributed by atoms with Gasteiger partial charge in [0.15, 0.2) is 29.6 Å². The fraction of sp³-hybridized carbons (Fsp3) is 0.259. The first kappa shape index (κ1) is 23.2. The molecule has 1 fully saturated rings. The van der Waals surface area contributed by atoms with Crippen molar-refractivity contribution in [1.82, 2.24) is 0 Å². The lowest BCUT2D eigenvalue weighted by molar-refractivity contribution is -0.159. The number of halogens is 4. The highest BCUT2D eigenvalue weighted by Gasteiger charge is 2.26. The van der Waals surface area contributed by atoms with E-state index in [2.05, 4.69) is 0 Å². The molecule has 2 nitrogen and oxygen atoms in total. The first-order valence-corrected chi connectivity index (χ1v) is 10.9. The summed E-state index contributed by atoms with van der Waals surface area (Å²) in [6.07, 6.45) is 3.46. The standard InChI is InChI=1S/C27H24F4O2/c1-3-5-23-32-14-19(15-33-23)22-13-12-21(26(30)27(22)31)18-8-6-17(7-9-18)20-11-10-16(4-2)24(28)25(20)29/h3,5-13,19,23H,4,14-15H2,1-2H3. The van der Waals surface area contributed by atoms with Gasteiger partial charge >= 0.3 is 0 Å². The molecule has 3 aromatic carbocycles. The van der Waals surface area contributed by atoms with E-state index in [0.29, 0.717) is 23.1 Å². The van der Waals surface area contributed by atoms with Crippen LogP contribution in [0.5, 0.6) is 0 Å². The SMILES string of the molecule is CC=CC1OCC(c2ccc(-c3ccc(-c4ccc(CC)c(F)c4F)cc3)c(F)c2F)CO1. The van der Waals surface area contributed by atoms with Crippen LogP contribution in [0.1, 0.15) is 30.9 Å². The van der Waals surface area contributed by atoms with Crippen molar-refractivity contribution in [3.63, 3.8) is 0 Å². The molecule has 0 aromatic heterocycles. The third-order valence-electron chi connectivity index (χ3n) is 5.88. The van der Waals surface area contributed by atoms with Crippen LogP contribution in [0, 0.1) is 23.3 Å². The van der Waals surface area contributed by atoms with Gasteiger partial charge in [0.2, 0.25) is 0 Å². The predicted molar refractivity (Wildman–Crippen MR) is 120 cm³/mol. The van der Waals surface area contributed by atoms with E-state index in [9.17, 15) is 17.6 Å². The summed E-state index contributed by atoms with van der Waals surface area (Å²) in [5, 5.41) is 0. The Morgan fingerprint density at radius 2 is 1.30 bits per heavy atom. The molecule has 1 aliphatic heterocycles. The number of aryl methyl sites for hydroxylation is 1. The van der Waals surface area contributed by atoms with E-state index in [0.717, 1.165) is 0 Å². The number of allylic oxidation sites excluding steroid dienone is 1. The van der Waals surface area contributed by atoms with Gasteiger partial charge < -0.3 is 9.47 Å². The third kappa shape index (κ3) is 4.59. The molecule has 0 unspecified atom stereocenters. The molecule has 0 radical (unpaired) electrons. The van der Waals surface area contributed by atoms with Crippen molar-refractivity contribution < 1.29 is 27.0 Å². The second-order valence-electron chi connectivity index (χ2n) is 7.92. The largest absolute Gasteiger partial charge is 0.348 e. The van der Waals surface area contributed by atoms with Gasteiger partial charge in [-0.25, -0.2) is 17.6 Å². The van der Waals surface area contributed by atoms with Gasteiger partial charge in [0, 0.05) is 17.0 Å². The van der Waals surface area contributed by atoms with Gasteiger partial charge in [0.1, 0.15) is 0 Å². The monoisotopic (exact) mass is 456 g/mol. The molecule has 0 bridgehead atoms. The third-order valence-corrected chi connectivity index (χ3v) is 5.88. The fourth-order valence-corrected chi connectivity index (χ4v) is 3.98. The van der Waals surface area contributed by atoms with Gasteiger partial charge in [-0.2, -0.15) is 0 Å². The molecule has 1 aliphatic rings. The van der Waals surface area contributed by atoms with Crippen molar-refractivity contribution in [2.75, 3.05) is 13.2 Å². The van der Waals surface area contributed by atoms with E-state index >= 15 is 0 Å². The van der Waals surface area contributed by atoms with Crippen LogP contribution in [0.25, 0.3) is 22.3 Å². The van der Waals surface area contributed by atoms with E-state index < -0.39 is 35.5 Å². The van der Waals surface area contributed by atoms with Gasteiger partial charge in [-0.1, -0.05) is 61.5 Å².